The molecular weight excluding hydrogens is 212 g/mol. The first kappa shape index (κ1) is 12.4. The average molecular weight is 234 g/mol. The minimum atomic E-state index is 0.690. The third kappa shape index (κ3) is 2.99. The van der Waals surface area contributed by atoms with Gasteiger partial charge in [0.2, 0.25) is 0 Å². The van der Waals surface area contributed by atoms with E-state index in [1.807, 2.05) is 13.0 Å². The molecule has 3 nitrogen and oxygen atoms in total. The third-order valence-electron chi connectivity index (χ3n) is 3.33. The molecule has 1 saturated heterocycles. The van der Waals surface area contributed by atoms with Gasteiger partial charge in [-0.3, -0.25) is 4.90 Å². The minimum absolute atomic E-state index is 0.690. The Morgan fingerprint density at radius 1 is 1.29 bits per heavy atom. The van der Waals surface area contributed by atoms with E-state index >= 15 is 0 Å². The standard InChI is InChI=1S/C14H22N2O/c1-3-16(13-9-15-10-13)11-12-7-5-6-8-14(12)17-4-2/h5-8,13,15H,3-4,9-11H2,1-2H3. The smallest absolute Gasteiger partial charge is 0.123 e. The Morgan fingerprint density at radius 3 is 2.65 bits per heavy atom. The first-order valence-corrected chi connectivity index (χ1v) is 6.50. The SMILES string of the molecule is CCOc1ccccc1CN(CC)C1CNC1. The number of hydrogen-bond donors (Lipinski definition) is 1. The van der Waals surface area contributed by atoms with Gasteiger partial charge in [-0.1, -0.05) is 25.1 Å². The molecule has 0 radical (unpaired) electrons. The van der Waals surface area contributed by atoms with Crippen molar-refractivity contribution in [1.29, 1.82) is 0 Å². The highest BCUT2D eigenvalue weighted by molar-refractivity contribution is 5.33. The van der Waals surface area contributed by atoms with Gasteiger partial charge in [0, 0.05) is 31.2 Å². The zero-order valence-electron chi connectivity index (χ0n) is 10.8. The van der Waals surface area contributed by atoms with Gasteiger partial charge in [0.1, 0.15) is 5.75 Å². The fourth-order valence-corrected chi connectivity index (χ4v) is 2.18. The van der Waals surface area contributed by atoms with E-state index in [1.165, 1.54) is 5.56 Å². The number of benzene rings is 1. The maximum Gasteiger partial charge on any atom is 0.123 e. The number of hydrogen-bond acceptors (Lipinski definition) is 3. The molecular formula is C14H22N2O. The maximum atomic E-state index is 5.67. The van der Waals surface area contributed by atoms with Gasteiger partial charge < -0.3 is 10.1 Å². The van der Waals surface area contributed by atoms with Crippen LogP contribution < -0.4 is 10.1 Å². The summed E-state index contributed by atoms with van der Waals surface area (Å²) in [5, 5.41) is 3.33. The normalized spacial score (nSPS) is 15.9. The molecule has 0 aromatic heterocycles. The molecule has 0 unspecified atom stereocenters. The first-order chi connectivity index (χ1) is 8.35. The van der Waals surface area contributed by atoms with Crippen LogP contribution in [0.2, 0.25) is 0 Å². The molecule has 0 atom stereocenters. The minimum Gasteiger partial charge on any atom is -0.494 e. The quantitative estimate of drug-likeness (QED) is 0.813. The number of ether oxygens (including phenoxy) is 1. The summed E-state index contributed by atoms with van der Waals surface area (Å²) in [6, 6.07) is 9.04. The fraction of sp³-hybridized carbons (Fsp3) is 0.571. The van der Waals surface area contributed by atoms with Crippen LogP contribution in [0, 0.1) is 0 Å². The molecule has 1 aliphatic heterocycles. The number of likely N-dealkylation sites (N-methyl/N-ethyl adjacent to an activating group) is 1. The molecule has 0 spiro atoms. The van der Waals surface area contributed by atoms with Gasteiger partial charge in [0.15, 0.2) is 0 Å². The van der Waals surface area contributed by atoms with Crippen LogP contribution in [0.3, 0.4) is 0 Å². The van der Waals surface area contributed by atoms with Gasteiger partial charge >= 0.3 is 0 Å². The van der Waals surface area contributed by atoms with Crippen LogP contribution in [0.25, 0.3) is 0 Å². The van der Waals surface area contributed by atoms with Crippen molar-refractivity contribution in [3.63, 3.8) is 0 Å². The fourth-order valence-electron chi connectivity index (χ4n) is 2.18. The molecule has 0 aliphatic carbocycles. The monoisotopic (exact) mass is 234 g/mol. The molecule has 3 heteroatoms. The molecule has 2 rings (SSSR count). The van der Waals surface area contributed by atoms with Crippen LogP contribution in [0.1, 0.15) is 19.4 Å². The van der Waals surface area contributed by atoms with E-state index in [1.54, 1.807) is 0 Å². The highest BCUT2D eigenvalue weighted by atomic mass is 16.5. The molecule has 1 aromatic carbocycles. The number of nitrogens with one attached hydrogen (secondary N) is 1. The second-order valence-electron chi connectivity index (χ2n) is 4.42. The van der Waals surface area contributed by atoms with E-state index in [0.29, 0.717) is 6.04 Å². The van der Waals surface area contributed by atoms with Crippen LogP contribution >= 0.6 is 0 Å². The number of rotatable bonds is 6. The summed E-state index contributed by atoms with van der Waals surface area (Å²) in [5.74, 6) is 1.03. The van der Waals surface area contributed by atoms with Gasteiger partial charge in [-0.05, 0) is 19.5 Å². The van der Waals surface area contributed by atoms with E-state index in [0.717, 1.165) is 38.5 Å². The second-order valence-corrected chi connectivity index (χ2v) is 4.42. The van der Waals surface area contributed by atoms with E-state index in [-0.39, 0.29) is 0 Å². The molecule has 0 amide bonds. The largest absolute Gasteiger partial charge is 0.494 e. The third-order valence-corrected chi connectivity index (χ3v) is 3.33. The summed E-state index contributed by atoms with van der Waals surface area (Å²) < 4.78 is 5.67. The van der Waals surface area contributed by atoms with Crippen molar-refractivity contribution in [3.8, 4) is 5.75 Å². The Morgan fingerprint density at radius 2 is 2.06 bits per heavy atom. The molecule has 1 aromatic rings. The molecule has 1 N–H and O–H groups in total. The predicted molar refractivity (Wildman–Crippen MR) is 70.4 cm³/mol. The highest BCUT2D eigenvalue weighted by Crippen LogP contribution is 2.21. The van der Waals surface area contributed by atoms with Gasteiger partial charge in [-0.2, -0.15) is 0 Å². The zero-order chi connectivity index (χ0) is 12.1. The second kappa shape index (κ2) is 6.03. The Labute approximate surface area is 104 Å². The first-order valence-electron chi connectivity index (χ1n) is 6.50. The summed E-state index contributed by atoms with van der Waals surface area (Å²) in [4.78, 5) is 2.51. The van der Waals surface area contributed by atoms with Crippen molar-refractivity contribution in [2.24, 2.45) is 0 Å². The summed E-state index contributed by atoms with van der Waals surface area (Å²) in [5.41, 5.74) is 1.29. The molecule has 17 heavy (non-hydrogen) atoms. The van der Waals surface area contributed by atoms with Gasteiger partial charge in [0.25, 0.3) is 0 Å². The Balaban J connectivity index is 2.04. The Hall–Kier alpha value is -1.06. The van der Waals surface area contributed by atoms with E-state index in [2.05, 4.69) is 35.3 Å². The predicted octanol–water partition coefficient (Wildman–Crippen LogP) is 1.88. The van der Waals surface area contributed by atoms with Crippen LogP contribution in [-0.4, -0.2) is 37.2 Å². The van der Waals surface area contributed by atoms with Gasteiger partial charge in [0.05, 0.1) is 6.61 Å². The Bertz CT molecular complexity index is 350. The van der Waals surface area contributed by atoms with Gasteiger partial charge in [-0.25, -0.2) is 0 Å². The van der Waals surface area contributed by atoms with Crippen molar-refractivity contribution in [3.05, 3.63) is 29.8 Å². The zero-order valence-corrected chi connectivity index (χ0v) is 10.8. The van der Waals surface area contributed by atoms with Crippen molar-refractivity contribution in [1.82, 2.24) is 10.2 Å². The Kier molecular flexibility index (Phi) is 4.40. The lowest BCUT2D eigenvalue weighted by Crippen LogP contribution is -2.56. The maximum absolute atomic E-state index is 5.67. The van der Waals surface area contributed by atoms with E-state index in [9.17, 15) is 0 Å². The summed E-state index contributed by atoms with van der Waals surface area (Å²) in [6.07, 6.45) is 0. The van der Waals surface area contributed by atoms with Crippen LogP contribution in [0.4, 0.5) is 0 Å². The molecule has 94 valence electrons. The van der Waals surface area contributed by atoms with Crippen molar-refractivity contribution < 1.29 is 4.74 Å². The number of para-hydroxylation sites is 1. The van der Waals surface area contributed by atoms with E-state index < -0.39 is 0 Å². The lowest BCUT2D eigenvalue weighted by atomic mass is 10.1. The summed E-state index contributed by atoms with van der Waals surface area (Å²) in [7, 11) is 0. The van der Waals surface area contributed by atoms with Crippen LogP contribution in [0.5, 0.6) is 5.75 Å². The lowest BCUT2D eigenvalue weighted by molar-refractivity contribution is 0.143. The molecule has 1 heterocycles. The van der Waals surface area contributed by atoms with E-state index in [4.69, 9.17) is 4.74 Å². The number of nitrogens with zero attached hydrogens (tertiary/aromatic N) is 1. The summed E-state index contributed by atoms with van der Waals surface area (Å²) in [6.45, 7) is 9.29. The van der Waals surface area contributed by atoms with Gasteiger partial charge in [-0.15, -0.1) is 0 Å². The van der Waals surface area contributed by atoms with Crippen molar-refractivity contribution in [2.75, 3.05) is 26.2 Å². The average Bonchev–Trinajstić information content (AvgIpc) is 2.28. The lowest BCUT2D eigenvalue weighted by Gasteiger charge is -2.37. The molecule has 0 bridgehead atoms. The van der Waals surface area contributed by atoms with Crippen LogP contribution in [0.15, 0.2) is 24.3 Å². The van der Waals surface area contributed by atoms with Crippen molar-refractivity contribution >= 4 is 0 Å². The highest BCUT2D eigenvalue weighted by Gasteiger charge is 2.23. The van der Waals surface area contributed by atoms with Crippen molar-refractivity contribution in [2.45, 2.75) is 26.4 Å². The molecule has 1 aliphatic rings. The molecule has 0 saturated carbocycles. The molecule has 1 fully saturated rings. The van der Waals surface area contributed by atoms with Crippen LogP contribution in [-0.2, 0) is 6.54 Å². The topological polar surface area (TPSA) is 24.5 Å². The summed E-state index contributed by atoms with van der Waals surface area (Å²) >= 11 is 0.